The lowest BCUT2D eigenvalue weighted by Gasteiger charge is -2.56. The van der Waals surface area contributed by atoms with E-state index in [9.17, 15) is 19.5 Å². The lowest BCUT2D eigenvalue weighted by atomic mass is 9.79. The van der Waals surface area contributed by atoms with Crippen molar-refractivity contribution in [2.75, 3.05) is 26.3 Å². The summed E-state index contributed by atoms with van der Waals surface area (Å²) >= 11 is 0. The first-order valence-corrected chi connectivity index (χ1v) is 7.80. The molecule has 122 valence electrons. The smallest absolute Gasteiger partial charge is 0.332 e. The van der Waals surface area contributed by atoms with Gasteiger partial charge < -0.3 is 19.6 Å². The molecule has 3 rings (SSSR count). The number of carbonyl (C=O) groups excluding carboxylic acids is 2. The summed E-state index contributed by atoms with van der Waals surface area (Å²) in [6.07, 6.45) is 1.72. The van der Waals surface area contributed by atoms with Crippen LogP contribution in [0.3, 0.4) is 0 Å². The first kappa shape index (κ1) is 15.3. The van der Waals surface area contributed by atoms with E-state index in [1.54, 1.807) is 4.90 Å². The van der Waals surface area contributed by atoms with E-state index in [4.69, 9.17) is 4.74 Å². The summed E-state index contributed by atoms with van der Waals surface area (Å²) in [5.74, 6) is -1.45. The van der Waals surface area contributed by atoms with Gasteiger partial charge in [-0.05, 0) is 12.8 Å². The van der Waals surface area contributed by atoms with E-state index in [1.807, 2.05) is 13.8 Å². The Kier molecular flexibility index (Phi) is 3.43. The van der Waals surface area contributed by atoms with E-state index in [0.29, 0.717) is 32.5 Å². The number of ether oxygens (including phenoxy) is 1. The minimum Gasteiger partial charge on any atom is -0.479 e. The highest BCUT2D eigenvalue weighted by atomic mass is 16.5. The molecule has 1 unspecified atom stereocenters. The third kappa shape index (κ3) is 1.81. The van der Waals surface area contributed by atoms with Gasteiger partial charge in [0.2, 0.25) is 5.91 Å². The highest BCUT2D eigenvalue weighted by Crippen LogP contribution is 2.44. The van der Waals surface area contributed by atoms with Crippen molar-refractivity contribution in [1.82, 2.24) is 9.80 Å². The Hall–Kier alpha value is -1.63. The standard InChI is InChI=1S/C15H22N2O5/c1-10(2)11(18)16-6-3-4-14(16)8-17(12(14)19)15(13(20)21)5-7-22-9-15/h10H,3-9H2,1-2H3,(H,20,21)/t14-,15?/m1/s1. The molecular weight excluding hydrogens is 288 g/mol. The van der Waals surface area contributed by atoms with Crippen LogP contribution >= 0.6 is 0 Å². The number of β-lactam (4-membered cyclic amide) rings is 1. The van der Waals surface area contributed by atoms with Gasteiger partial charge in [0, 0.05) is 25.5 Å². The molecule has 0 saturated carbocycles. The summed E-state index contributed by atoms with van der Waals surface area (Å²) in [7, 11) is 0. The number of carbonyl (C=O) groups is 3. The first-order chi connectivity index (χ1) is 10.3. The van der Waals surface area contributed by atoms with Crippen LogP contribution in [0.5, 0.6) is 0 Å². The molecule has 0 bridgehead atoms. The molecule has 2 amide bonds. The number of carboxylic acid groups (broad SMARTS) is 1. The van der Waals surface area contributed by atoms with Crippen LogP contribution in [0.4, 0.5) is 0 Å². The minimum absolute atomic E-state index is 0.0300. The second kappa shape index (κ2) is 4.94. The molecule has 3 heterocycles. The monoisotopic (exact) mass is 310 g/mol. The molecule has 3 aliphatic rings. The van der Waals surface area contributed by atoms with Crippen molar-refractivity contribution in [2.24, 2.45) is 5.92 Å². The molecule has 7 nitrogen and oxygen atoms in total. The molecule has 3 saturated heterocycles. The van der Waals surface area contributed by atoms with Gasteiger partial charge >= 0.3 is 5.97 Å². The summed E-state index contributed by atoms with van der Waals surface area (Å²) in [5.41, 5.74) is -2.07. The van der Waals surface area contributed by atoms with Crippen LogP contribution in [0, 0.1) is 5.92 Å². The molecule has 0 aromatic carbocycles. The van der Waals surface area contributed by atoms with Crippen LogP contribution in [0.25, 0.3) is 0 Å². The van der Waals surface area contributed by atoms with Crippen molar-refractivity contribution < 1.29 is 24.2 Å². The number of aliphatic carboxylic acids is 1. The van der Waals surface area contributed by atoms with Gasteiger partial charge in [-0.3, -0.25) is 9.59 Å². The van der Waals surface area contributed by atoms with Crippen LogP contribution in [0.2, 0.25) is 0 Å². The number of carboxylic acids is 1. The Bertz CT molecular complexity index is 526. The Morgan fingerprint density at radius 2 is 2.05 bits per heavy atom. The van der Waals surface area contributed by atoms with Gasteiger partial charge in [-0.1, -0.05) is 13.8 Å². The first-order valence-electron chi connectivity index (χ1n) is 7.80. The maximum absolute atomic E-state index is 12.8. The maximum atomic E-state index is 12.8. The van der Waals surface area contributed by atoms with Gasteiger partial charge in [-0.2, -0.15) is 0 Å². The van der Waals surface area contributed by atoms with E-state index < -0.39 is 17.0 Å². The van der Waals surface area contributed by atoms with Crippen LogP contribution in [0.1, 0.15) is 33.1 Å². The zero-order chi connectivity index (χ0) is 16.1. The van der Waals surface area contributed by atoms with Crippen molar-refractivity contribution in [3.8, 4) is 0 Å². The van der Waals surface area contributed by atoms with Crippen LogP contribution in [-0.2, 0) is 19.1 Å². The molecule has 0 aromatic rings. The molecule has 7 heteroatoms. The quantitative estimate of drug-likeness (QED) is 0.747. The zero-order valence-electron chi connectivity index (χ0n) is 13.0. The largest absolute Gasteiger partial charge is 0.479 e. The number of nitrogens with zero attached hydrogens (tertiary/aromatic N) is 2. The third-order valence-corrected chi connectivity index (χ3v) is 5.23. The van der Waals surface area contributed by atoms with E-state index in [-0.39, 0.29) is 24.3 Å². The van der Waals surface area contributed by atoms with Crippen molar-refractivity contribution in [3.63, 3.8) is 0 Å². The van der Waals surface area contributed by atoms with Gasteiger partial charge in [-0.25, -0.2) is 4.79 Å². The molecule has 0 radical (unpaired) electrons. The van der Waals surface area contributed by atoms with Crippen molar-refractivity contribution in [1.29, 1.82) is 0 Å². The molecular formula is C15H22N2O5. The van der Waals surface area contributed by atoms with Crippen molar-refractivity contribution >= 4 is 17.8 Å². The summed E-state index contributed by atoms with van der Waals surface area (Å²) in [6.45, 7) is 4.89. The molecule has 22 heavy (non-hydrogen) atoms. The van der Waals surface area contributed by atoms with Crippen LogP contribution in [-0.4, -0.2) is 70.1 Å². The molecule has 3 aliphatic heterocycles. The van der Waals surface area contributed by atoms with Gasteiger partial charge in [0.15, 0.2) is 5.54 Å². The Morgan fingerprint density at radius 3 is 2.55 bits per heavy atom. The number of rotatable bonds is 3. The summed E-state index contributed by atoms with van der Waals surface area (Å²) in [5, 5.41) is 9.56. The van der Waals surface area contributed by atoms with E-state index in [1.165, 1.54) is 4.90 Å². The fraction of sp³-hybridized carbons (Fsp3) is 0.800. The van der Waals surface area contributed by atoms with Crippen molar-refractivity contribution in [3.05, 3.63) is 0 Å². The predicted molar refractivity (Wildman–Crippen MR) is 76.0 cm³/mol. The third-order valence-electron chi connectivity index (χ3n) is 5.23. The highest BCUT2D eigenvalue weighted by molar-refractivity contribution is 6.01. The number of hydrogen-bond acceptors (Lipinski definition) is 4. The van der Waals surface area contributed by atoms with E-state index >= 15 is 0 Å². The number of amides is 2. The van der Waals surface area contributed by atoms with E-state index in [0.717, 1.165) is 6.42 Å². The molecule has 1 spiro atoms. The zero-order valence-corrected chi connectivity index (χ0v) is 13.0. The maximum Gasteiger partial charge on any atom is 0.332 e. The van der Waals surface area contributed by atoms with Gasteiger partial charge in [0.25, 0.3) is 5.91 Å². The second-order valence-corrected chi connectivity index (χ2v) is 6.81. The topological polar surface area (TPSA) is 87.2 Å². The summed E-state index contributed by atoms with van der Waals surface area (Å²) in [4.78, 5) is 39.9. The molecule has 2 atom stereocenters. The number of hydrogen-bond donors (Lipinski definition) is 1. The van der Waals surface area contributed by atoms with Gasteiger partial charge in [0.1, 0.15) is 5.54 Å². The van der Waals surface area contributed by atoms with Crippen LogP contribution in [0.15, 0.2) is 0 Å². The minimum atomic E-state index is -1.25. The molecule has 1 N–H and O–H groups in total. The van der Waals surface area contributed by atoms with Gasteiger partial charge in [0.05, 0.1) is 13.2 Å². The fourth-order valence-electron chi connectivity index (χ4n) is 3.86. The van der Waals surface area contributed by atoms with Crippen LogP contribution < -0.4 is 0 Å². The number of likely N-dealkylation sites (tertiary alicyclic amines) is 2. The SMILES string of the molecule is CC(C)C(=O)N1CCC[C@]12CN(C1(C(=O)O)CCOC1)C2=O. The lowest BCUT2D eigenvalue weighted by Crippen LogP contribution is -2.79. The molecule has 3 fully saturated rings. The average molecular weight is 310 g/mol. The fourth-order valence-corrected chi connectivity index (χ4v) is 3.86. The summed E-state index contributed by atoms with van der Waals surface area (Å²) in [6, 6.07) is 0. The summed E-state index contributed by atoms with van der Waals surface area (Å²) < 4.78 is 5.24. The molecule has 0 aromatic heterocycles. The van der Waals surface area contributed by atoms with Gasteiger partial charge in [-0.15, -0.1) is 0 Å². The average Bonchev–Trinajstić information content (AvgIpc) is 3.12. The Labute approximate surface area is 129 Å². The highest BCUT2D eigenvalue weighted by Gasteiger charge is 2.66. The Balaban J connectivity index is 1.84. The van der Waals surface area contributed by atoms with E-state index in [2.05, 4.69) is 0 Å². The Morgan fingerprint density at radius 1 is 1.32 bits per heavy atom. The second-order valence-electron chi connectivity index (χ2n) is 6.81. The predicted octanol–water partition coefficient (Wildman–Crippen LogP) is 0.0895. The molecule has 0 aliphatic carbocycles. The van der Waals surface area contributed by atoms with Crippen molar-refractivity contribution in [2.45, 2.75) is 44.2 Å². The lowest BCUT2D eigenvalue weighted by molar-refractivity contribution is -0.185. The normalized spacial score (nSPS) is 34.6.